The lowest BCUT2D eigenvalue weighted by Gasteiger charge is -2.32. The van der Waals surface area contributed by atoms with Crippen molar-refractivity contribution in [3.63, 3.8) is 0 Å². The molecule has 0 aliphatic heterocycles. The number of aromatic nitrogens is 1. The van der Waals surface area contributed by atoms with Gasteiger partial charge in [0, 0.05) is 43.0 Å². The molecule has 0 saturated heterocycles. The van der Waals surface area contributed by atoms with E-state index < -0.39 is 0 Å². The Balaban J connectivity index is 1.72. The molecule has 0 bridgehead atoms. The van der Waals surface area contributed by atoms with Crippen LogP contribution in [0.2, 0.25) is 0 Å². The first-order valence-electron chi connectivity index (χ1n) is 8.15. The van der Waals surface area contributed by atoms with Crippen molar-refractivity contribution >= 4 is 10.8 Å². The maximum Gasteiger partial charge on any atom is 0.0494 e. The van der Waals surface area contributed by atoms with Gasteiger partial charge < -0.3 is 5.73 Å². The molecule has 2 aliphatic carbocycles. The Labute approximate surface area is 126 Å². The van der Waals surface area contributed by atoms with Gasteiger partial charge in [0.05, 0.1) is 0 Å². The van der Waals surface area contributed by atoms with E-state index in [0.717, 1.165) is 12.0 Å². The molecule has 110 valence electrons. The molecule has 1 heterocycles. The molecule has 3 nitrogen and oxygen atoms in total. The standard InChI is InChI=1S/C18H23N3/c19-9-18(21(15-7-8-15)12-13-5-6-13)17-11-20-10-14-3-1-2-4-16(14)17/h1-4,10-11,13,15,18H,5-9,12,19H2. The van der Waals surface area contributed by atoms with E-state index in [4.69, 9.17) is 5.73 Å². The van der Waals surface area contributed by atoms with Crippen molar-refractivity contribution in [2.45, 2.75) is 37.8 Å². The molecule has 3 heteroatoms. The second-order valence-electron chi connectivity index (χ2n) is 6.57. The average Bonchev–Trinajstić information content (AvgIpc) is 3.39. The van der Waals surface area contributed by atoms with Crippen LogP contribution in [0.5, 0.6) is 0 Å². The topological polar surface area (TPSA) is 42.1 Å². The Hall–Kier alpha value is -1.45. The molecular formula is C18H23N3. The van der Waals surface area contributed by atoms with Crippen LogP contribution in [-0.4, -0.2) is 29.0 Å². The van der Waals surface area contributed by atoms with Gasteiger partial charge >= 0.3 is 0 Å². The van der Waals surface area contributed by atoms with Crippen molar-refractivity contribution in [3.05, 3.63) is 42.2 Å². The largest absolute Gasteiger partial charge is 0.329 e. The van der Waals surface area contributed by atoms with E-state index in [9.17, 15) is 0 Å². The summed E-state index contributed by atoms with van der Waals surface area (Å²) in [4.78, 5) is 7.12. The summed E-state index contributed by atoms with van der Waals surface area (Å²) in [5.41, 5.74) is 7.50. The van der Waals surface area contributed by atoms with Crippen LogP contribution in [0, 0.1) is 5.92 Å². The van der Waals surface area contributed by atoms with Crippen LogP contribution < -0.4 is 5.73 Å². The van der Waals surface area contributed by atoms with Crippen molar-refractivity contribution in [1.29, 1.82) is 0 Å². The predicted octanol–water partition coefficient (Wildman–Crippen LogP) is 3.11. The summed E-state index contributed by atoms with van der Waals surface area (Å²) in [6.45, 7) is 1.90. The first-order chi connectivity index (χ1) is 10.4. The zero-order valence-corrected chi connectivity index (χ0v) is 12.4. The van der Waals surface area contributed by atoms with Gasteiger partial charge in [-0.2, -0.15) is 0 Å². The summed E-state index contributed by atoms with van der Waals surface area (Å²) in [5.74, 6) is 0.905. The van der Waals surface area contributed by atoms with E-state index in [1.54, 1.807) is 0 Å². The van der Waals surface area contributed by atoms with E-state index in [-0.39, 0.29) is 0 Å². The molecule has 2 aliphatic rings. The lowest BCUT2D eigenvalue weighted by atomic mass is 10.00. The van der Waals surface area contributed by atoms with Crippen LogP contribution in [0.25, 0.3) is 10.8 Å². The van der Waals surface area contributed by atoms with Gasteiger partial charge in [0.1, 0.15) is 0 Å². The van der Waals surface area contributed by atoms with Crippen molar-refractivity contribution in [2.75, 3.05) is 13.1 Å². The van der Waals surface area contributed by atoms with Crippen LogP contribution in [0.3, 0.4) is 0 Å². The number of benzene rings is 1. The number of pyridine rings is 1. The number of nitrogens with zero attached hydrogens (tertiary/aromatic N) is 2. The fourth-order valence-electron chi connectivity index (χ4n) is 3.38. The van der Waals surface area contributed by atoms with Crippen LogP contribution in [0.15, 0.2) is 36.7 Å². The Bertz CT molecular complexity index is 626. The van der Waals surface area contributed by atoms with E-state index in [1.807, 2.05) is 12.4 Å². The van der Waals surface area contributed by atoms with Crippen molar-refractivity contribution in [2.24, 2.45) is 11.7 Å². The van der Waals surface area contributed by atoms with Gasteiger partial charge in [0.2, 0.25) is 0 Å². The maximum atomic E-state index is 6.19. The number of hydrogen-bond donors (Lipinski definition) is 1. The molecule has 4 rings (SSSR count). The highest BCUT2D eigenvalue weighted by Crippen LogP contribution is 2.40. The Kier molecular flexibility index (Phi) is 3.40. The molecule has 1 aromatic heterocycles. The van der Waals surface area contributed by atoms with E-state index in [0.29, 0.717) is 12.6 Å². The smallest absolute Gasteiger partial charge is 0.0494 e. The normalized spacial score (nSPS) is 20.1. The number of rotatable bonds is 6. The maximum absolute atomic E-state index is 6.19. The minimum atomic E-state index is 0.316. The van der Waals surface area contributed by atoms with Crippen molar-refractivity contribution in [1.82, 2.24) is 9.88 Å². The predicted molar refractivity (Wildman–Crippen MR) is 86.0 cm³/mol. The van der Waals surface area contributed by atoms with Gasteiger partial charge in [-0.15, -0.1) is 0 Å². The number of hydrogen-bond acceptors (Lipinski definition) is 3. The summed E-state index contributed by atoms with van der Waals surface area (Å²) in [6.07, 6.45) is 9.45. The Morgan fingerprint density at radius 1 is 1.14 bits per heavy atom. The highest BCUT2D eigenvalue weighted by atomic mass is 15.2. The number of fused-ring (bicyclic) bond motifs is 1. The van der Waals surface area contributed by atoms with E-state index >= 15 is 0 Å². The van der Waals surface area contributed by atoms with Crippen LogP contribution in [-0.2, 0) is 0 Å². The van der Waals surface area contributed by atoms with Gasteiger partial charge in [-0.25, -0.2) is 0 Å². The summed E-state index contributed by atoms with van der Waals surface area (Å²) < 4.78 is 0. The highest BCUT2D eigenvalue weighted by Gasteiger charge is 2.38. The van der Waals surface area contributed by atoms with Crippen LogP contribution in [0.1, 0.15) is 37.3 Å². The van der Waals surface area contributed by atoms with E-state index in [2.05, 4.69) is 34.1 Å². The van der Waals surface area contributed by atoms with Gasteiger partial charge in [0.15, 0.2) is 0 Å². The Morgan fingerprint density at radius 3 is 2.67 bits per heavy atom. The second kappa shape index (κ2) is 5.39. The molecule has 2 saturated carbocycles. The SMILES string of the molecule is NCC(c1cncc2ccccc12)N(CC1CC1)C1CC1. The molecule has 2 aromatic rings. The molecule has 21 heavy (non-hydrogen) atoms. The van der Waals surface area contributed by atoms with Gasteiger partial charge in [-0.3, -0.25) is 9.88 Å². The van der Waals surface area contributed by atoms with Crippen LogP contribution in [0.4, 0.5) is 0 Å². The quantitative estimate of drug-likeness (QED) is 0.884. The third kappa shape index (κ3) is 2.68. The zero-order chi connectivity index (χ0) is 14.2. The zero-order valence-electron chi connectivity index (χ0n) is 12.4. The lowest BCUT2D eigenvalue weighted by molar-refractivity contribution is 0.183. The summed E-state index contributed by atoms with van der Waals surface area (Å²) in [7, 11) is 0. The fourth-order valence-corrected chi connectivity index (χ4v) is 3.38. The first-order valence-corrected chi connectivity index (χ1v) is 8.15. The molecule has 2 N–H and O–H groups in total. The monoisotopic (exact) mass is 281 g/mol. The average molecular weight is 281 g/mol. The fraction of sp³-hybridized carbons (Fsp3) is 0.500. The second-order valence-corrected chi connectivity index (χ2v) is 6.57. The minimum absolute atomic E-state index is 0.316. The minimum Gasteiger partial charge on any atom is -0.329 e. The summed E-state index contributed by atoms with van der Waals surface area (Å²) in [5, 5.41) is 2.53. The lowest BCUT2D eigenvalue weighted by Crippen LogP contribution is -2.37. The molecule has 0 radical (unpaired) electrons. The molecule has 1 unspecified atom stereocenters. The molecule has 0 amide bonds. The first kappa shape index (κ1) is 13.2. The third-order valence-electron chi connectivity index (χ3n) is 4.86. The molecule has 1 aromatic carbocycles. The molecule has 2 fully saturated rings. The summed E-state index contributed by atoms with van der Waals surface area (Å²) >= 11 is 0. The van der Waals surface area contributed by atoms with Gasteiger partial charge in [-0.05, 0) is 42.6 Å². The molecular weight excluding hydrogens is 258 g/mol. The number of nitrogens with two attached hydrogens (primary N) is 1. The van der Waals surface area contributed by atoms with Gasteiger partial charge in [0.25, 0.3) is 0 Å². The van der Waals surface area contributed by atoms with Crippen LogP contribution >= 0.6 is 0 Å². The highest BCUT2D eigenvalue weighted by molar-refractivity contribution is 5.85. The Morgan fingerprint density at radius 2 is 1.95 bits per heavy atom. The molecule has 1 atom stereocenters. The van der Waals surface area contributed by atoms with E-state index in [1.165, 1.54) is 48.6 Å². The van der Waals surface area contributed by atoms with Crippen molar-refractivity contribution < 1.29 is 0 Å². The van der Waals surface area contributed by atoms with Gasteiger partial charge in [-0.1, -0.05) is 24.3 Å². The van der Waals surface area contributed by atoms with Crippen molar-refractivity contribution in [3.8, 4) is 0 Å². The molecule has 0 spiro atoms. The third-order valence-corrected chi connectivity index (χ3v) is 4.86. The summed E-state index contributed by atoms with van der Waals surface area (Å²) in [6, 6.07) is 9.60.